The van der Waals surface area contributed by atoms with Gasteiger partial charge in [0, 0.05) is 0 Å². The fraction of sp³-hybridized carbons (Fsp3) is 0.286. The van der Waals surface area contributed by atoms with Crippen LogP contribution in [-0.2, 0) is 0 Å². The van der Waals surface area contributed by atoms with Gasteiger partial charge in [0.25, 0.3) is 0 Å². The molecule has 0 aliphatic rings. The molecular weight excluding hydrogens is 210 g/mol. The van der Waals surface area contributed by atoms with Crippen LogP contribution in [0.3, 0.4) is 0 Å². The van der Waals surface area contributed by atoms with E-state index in [-0.39, 0.29) is 5.78 Å². The van der Waals surface area contributed by atoms with E-state index >= 15 is 0 Å². The third kappa shape index (κ3) is 1.70. The first-order valence-corrected chi connectivity index (χ1v) is 3.93. The summed E-state index contributed by atoms with van der Waals surface area (Å²) in [5.74, 6) is -0.120. The second-order valence-electron chi connectivity index (χ2n) is 2.29. The van der Waals surface area contributed by atoms with E-state index in [1.807, 2.05) is 0 Å². The SMILES string of the molecule is CC(N)C(=O)c1cocc1Br. The number of nitrogens with two attached hydrogens (primary N) is 1. The highest BCUT2D eigenvalue weighted by atomic mass is 79.9. The highest BCUT2D eigenvalue weighted by Gasteiger charge is 2.15. The van der Waals surface area contributed by atoms with Gasteiger partial charge in [0.05, 0.1) is 16.1 Å². The molecule has 1 unspecified atom stereocenters. The minimum Gasteiger partial charge on any atom is -0.471 e. The maximum absolute atomic E-state index is 11.2. The topological polar surface area (TPSA) is 56.2 Å². The molecule has 60 valence electrons. The Hall–Kier alpha value is -0.610. The highest BCUT2D eigenvalue weighted by molar-refractivity contribution is 9.10. The molecule has 0 aliphatic heterocycles. The number of rotatable bonds is 2. The molecule has 3 nitrogen and oxygen atoms in total. The second kappa shape index (κ2) is 3.19. The van der Waals surface area contributed by atoms with E-state index in [2.05, 4.69) is 15.9 Å². The number of hydrogen-bond donors (Lipinski definition) is 1. The van der Waals surface area contributed by atoms with Crippen LogP contribution in [0.25, 0.3) is 0 Å². The third-order valence-corrected chi connectivity index (χ3v) is 1.91. The normalized spacial score (nSPS) is 13.0. The lowest BCUT2D eigenvalue weighted by Crippen LogP contribution is -2.26. The lowest BCUT2D eigenvalue weighted by atomic mass is 10.1. The molecule has 0 saturated carbocycles. The summed E-state index contributed by atoms with van der Waals surface area (Å²) in [5, 5.41) is 0. The molecule has 2 N–H and O–H groups in total. The fourth-order valence-corrected chi connectivity index (χ4v) is 1.10. The van der Waals surface area contributed by atoms with Crippen molar-refractivity contribution in [2.45, 2.75) is 13.0 Å². The van der Waals surface area contributed by atoms with E-state index < -0.39 is 6.04 Å². The number of carbonyl (C=O) groups is 1. The van der Waals surface area contributed by atoms with Crippen LogP contribution in [0.1, 0.15) is 17.3 Å². The van der Waals surface area contributed by atoms with E-state index in [9.17, 15) is 4.79 Å². The van der Waals surface area contributed by atoms with E-state index in [1.54, 1.807) is 6.92 Å². The molecule has 0 aromatic carbocycles. The molecule has 0 radical (unpaired) electrons. The molecule has 1 rings (SSSR count). The molecule has 1 aromatic heterocycles. The molecule has 0 amide bonds. The minimum absolute atomic E-state index is 0.120. The van der Waals surface area contributed by atoms with Crippen LogP contribution in [-0.4, -0.2) is 11.8 Å². The largest absolute Gasteiger partial charge is 0.471 e. The number of hydrogen-bond acceptors (Lipinski definition) is 3. The van der Waals surface area contributed by atoms with Crippen molar-refractivity contribution in [1.29, 1.82) is 0 Å². The van der Waals surface area contributed by atoms with Gasteiger partial charge in [-0.25, -0.2) is 0 Å². The van der Waals surface area contributed by atoms with Crippen LogP contribution >= 0.6 is 15.9 Å². The van der Waals surface area contributed by atoms with Gasteiger partial charge in [-0.1, -0.05) is 0 Å². The van der Waals surface area contributed by atoms with Crippen LogP contribution in [0, 0.1) is 0 Å². The number of halogens is 1. The zero-order chi connectivity index (χ0) is 8.43. The van der Waals surface area contributed by atoms with Crippen molar-refractivity contribution in [3.8, 4) is 0 Å². The Labute approximate surface area is 72.7 Å². The molecule has 0 fully saturated rings. The zero-order valence-corrected chi connectivity index (χ0v) is 7.59. The summed E-state index contributed by atoms with van der Waals surface area (Å²) in [5.41, 5.74) is 5.88. The van der Waals surface area contributed by atoms with Crippen molar-refractivity contribution in [3.63, 3.8) is 0 Å². The Morgan fingerprint density at radius 2 is 2.36 bits per heavy atom. The predicted octanol–water partition coefficient (Wildman–Crippen LogP) is 1.57. The monoisotopic (exact) mass is 217 g/mol. The van der Waals surface area contributed by atoms with Gasteiger partial charge in [-0.05, 0) is 22.9 Å². The summed E-state index contributed by atoms with van der Waals surface area (Å²) < 4.78 is 5.45. The number of Topliss-reactive ketones (excluding diaryl/α,β-unsaturated/α-hetero) is 1. The molecule has 1 atom stereocenters. The first-order chi connectivity index (χ1) is 5.13. The Balaban J connectivity index is 2.93. The summed E-state index contributed by atoms with van der Waals surface area (Å²) in [7, 11) is 0. The quantitative estimate of drug-likeness (QED) is 0.766. The van der Waals surface area contributed by atoms with Gasteiger partial charge >= 0.3 is 0 Å². The van der Waals surface area contributed by atoms with Gasteiger partial charge in [-0.15, -0.1) is 0 Å². The van der Waals surface area contributed by atoms with E-state index in [0.717, 1.165) is 0 Å². The van der Waals surface area contributed by atoms with Gasteiger partial charge in [0.1, 0.15) is 12.5 Å². The fourth-order valence-electron chi connectivity index (χ4n) is 0.703. The standard InChI is InChI=1S/C7H8BrNO2/c1-4(9)7(10)5-2-11-3-6(5)8/h2-4H,9H2,1H3. The number of ketones is 1. The molecule has 4 heteroatoms. The lowest BCUT2D eigenvalue weighted by molar-refractivity contribution is 0.0966. The average Bonchev–Trinajstić information content (AvgIpc) is 2.33. The van der Waals surface area contributed by atoms with E-state index in [1.165, 1.54) is 12.5 Å². The highest BCUT2D eigenvalue weighted by Crippen LogP contribution is 2.18. The predicted molar refractivity (Wildman–Crippen MR) is 44.4 cm³/mol. The van der Waals surface area contributed by atoms with Crippen molar-refractivity contribution in [1.82, 2.24) is 0 Å². The molecule has 0 aliphatic carbocycles. The van der Waals surface area contributed by atoms with Gasteiger partial charge in [-0.2, -0.15) is 0 Å². The maximum Gasteiger partial charge on any atom is 0.183 e. The molecular formula is C7H8BrNO2. The smallest absolute Gasteiger partial charge is 0.183 e. The molecule has 1 aromatic rings. The minimum atomic E-state index is -0.483. The first kappa shape index (κ1) is 8.49. The third-order valence-electron chi connectivity index (χ3n) is 1.29. The summed E-state index contributed by atoms with van der Waals surface area (Å²) >= 11 is 3.17. The van der Waals surface area contributed by atoms with Crippen LogP contribution in [0.2, 0.25) is 0 Å². The van der Waals surface area contributed by atoms with Crippen molar-refractivity contribution < 1.29 is 9.21 Å². The summed E-state index contributed by atoms with van der Waals surface area (Å²) in [6.07, 6.45) is 2.84. The number of carbonyl (C=O) groups excluding carboxylic acids is 1. The van der Waals surface area contributed by atoms with E-state index in [0.29, 0.717) is 10.0 Å². The number of furan rings is 1. The Morgan fingerprint density at radius 1 is 1.73 bits per heavy atom. The van der Waals surface area contributed by atoms with Crippen molar-refractivity contribution in [2.75, 3.05) is 0 Å². The van der Waals surface area contributed by atoms with Gasteiger partial charge in [-0.3, -0.25) is 4.79 Å². The maximum atomic E-state index is 11.2. The van der Waals surface area contributed by atoms with Gasteiger partial charge < -0.3 is 10.2 Å². The average molecular weight is 218 g/mol. The Morgan fingerprint density at radius 3 is 2.73 bits per heavy atom. The molecule has 11 heavy (non-hydrogen) atoms. The van der Waals surface area contributed by atoms with Crippen LogP contribution in [0.15, 0.2) is 21.4 Å². The van der Waals surface area contributed by atoms with Crippen molar-refractivity contribution in [2.24, 2.45) is 5.73 Å². The summed E-state index contributed by atoms with van der Waals surface area (Å²) in [4.78, 5) is 11.2. The molecule has 1 heterocycles. The van der Waals surface area contributed by atoms with Crippen LogP contribution < -0.4 is 5.73 Å². The van der Waals surface area contributed by atoms with Crippen LogP contribution in [0.5, 0.6) is 0 Å². The molecule has 0 saturated heterocycles. The lowest BCUT2D eigenvalue weighted by Gasteiger charge is -2.00. The van der Waals surface area contributed by atoms with Crippen molar-refractivity contribution >= 4 is 21.7 Å². The molecule has 0 spiro atoms. The summed E-state index contributed by atoms with van der Waals surface area (Å²) in [6, 6.07) is -0.483. The van der Waals surface area contributed by atoms with Gasteiger partial charge in [0.2, 0.25) is 0 Å². The first-order valence-electron chi connectivity index (χ1n) is 3.14. The zero-order valence-electron chi connectivity index (χ0n) is 6.00. The van der Waals surface area contributed by atoms with Gasteiger partial charge in [0.15, 0.2) is 5.78 Å². The molecule has 0 bridgehead atoms. The Kier molecular flexibility index (Phi) is 2.46. The summed E-state index contributed by atoms with van der Waals surface area (Å²) in [6.45, 7) is 1.64. The van der Waals surface area contributed by atoms with Crippen LogP contribution in [0.4, 0.5) is 0 Å². The van der Waals surface area contributed by atoms with E-state index in [4.69, 9.17) is 10.2 Å². The second-order valence-corrected chi connectivity index (χ2v) is 3.14. The van der Waals surface area contributed by atoms with Crippen molar-refractivity contribution in [3.05, 3.63) is 22.6 Å². The Bertz CT molecular complexity index is 267.